The fourth-order valence-corrected chi connectivity index (χ4v) is 1.88. The molecule has 2 N–H and O–H groups in total. The number of halogens is 1. The highest BCUT2D eigenvalue weighted by molar-refractivity contribution is 9.10. The minimum atomic E-state index is -0.531. The van der Waals surface area contributed by atoms with Crippen molar-refractivity contribution in [2.45, 2.75) is 0 Å². The number of benzene rings is 1. The summed E-state index contributed by atoms with van der Waals surface area (Å²) >= 11 is 3.36. The largest absolute Gasteiger partial charge is 0.464 e. The molecule has 0 spiro atoms. The van der Waals surface area contributed by atoms with Gasteiger partial charge in [-0.05, 0) is 18.2 Å². The highest BCUT2D eigenvalue weighted by Crippen LogP contribution is 2.22. The maximum Gasteiger partial charge on any atom is 0.356 e. The van der Waals surface area contributed by atoms with Gasteiger partial charge in [0.05, 0.1) is 12.8 Å². The average Bonchev–Trinajstić information content (AvgIpc) is 2.47. The monoisotopic (exact) mass is 334 g/mol. The van der Waals surface area contributed by atoms with E-state index in [9.17, 15) is 4.79 Å². The third-order valence-corrected chi connectivity index (χ3v) is 2.96. The standard InChI is InChI=1S/C13H11BrN4O2/c1-20-12(19)10-4-5-16-13(17-10)18-11-6-9(14)3-2-8(11)7-15/h2-7,15H,1H3,(H,16,17,18). The Kier molecular flexibility index (Phi) is 4.41. The summed E-state index contributed by atoms with van der Waals surface area (Å²) in [5.74, 6) is -0.272. The van der Waals surface area contributed by atoms with Gasteiger partial charge in [0.25, 0.3) is 0 Å². The molecule has 0 aliphatic heterocycles. The van der Waals surface area contributed by atoms with Crippen molar-refractivity contribution in [2.24, 2.45) is 0 Å². The number of anilines is 2. The van der Waals surface area contributed by atoms with E-state index >= 15 is 0 Å². The Morgan fingerprint density at radius 2 is 2.25 bits per heavy atom. The SMILES string of the molecule is COC(=O)c1ccnc(Nc2cc(Br)ccc2C=N)n1. The Balaban J connectivity index is 2.32. The van der Waals surface area contributed by atoms with Gasteiger partial charge in [-0.15, -0.1) is 0 Å². The zero-order chi connectivity index (χ0) is 14.5. The average molecular weight is 335 g/mol. The van der Waals surface area contributed by atoms with Crippen LogP contribution in [0.1, 0.15) is 16.1 Å². The molecule has 0 unspecified atom stereocenters. The molecular weight excluding hydrogens is 324 g/mol. The third kappa shape index (κ3) is 3.18. The van der Waals surface area contributed by atoms with Gasteiger partial charge >= 0.3 is 5.97 Å². The quantitative estimate of drug-likeness (QED) is 0.663. The van der Waals surface area contributed by atoms with Crippen LogP contribution in [-0.2, 0) is 4.74 Å². The van der Waals surface area contributed by atoms with Gasteiger partial charge in [0.1, 0.15) is 0 Å². The van der Waals surface area contributed by atoms with E-state index in [1.165, 1.54) is 25.6 Å². The molecular formula is C13H11BrN4O2. The predicted octanol–water partition coefficient (Wildman–Crippen LogP) is 2.77. The Morgan fingerprint density at radius 3 is 2.95 bits per heavy atom. The Labute approximate surface area is 123 Å². The van der Waals surface area contributed by atoms with E-state index in [1.54, 1.807) is 12.1 Å². The molecule has 7 heteroatoms. The molecule has 0 aliphatic carbocycles. The molecule has 0 bridgehead atoms. The van der Waals surface area contributed by atoms with Crippen LogP contribution in [0.2, 0.25) is 0 Å². The maximum absolute atomic E-state index is 11.4. The molecule has 6 nitrogen and oxygen atoms in total. The first kappa shape index (κ1) is 14.1. The van der Waals surface area contributed by atoms with Crippen LogP contribution < -0.4 is 5.32 Å². The molecule has 2 aromatic rings. The second-order valence-corrected chi connectivity index (χ2v) is 4.67. The van der Waals surface area contributed by atoms with Gasteiger partial charge in [-0.2, -0.15) is 0 Å². The lowest BCUT2D eigenvalue weighted by Crippen LogP contribution is -2.07. The smallest absolute Gasteiger partial charge is 0.356 e. The highest BCUT2D eigenvalue weighted by atomic mass is 79.9. The number of esters is 1. The number of carbonyl (C=O) groups excluding carboxylic acids is 1. The summed E-state index contributed by atoms with van der Waals surface area (Å²) in [4.78, 5) is 19.5. The van der Waals surface area contributed by atoms with Crippen molar-refractivity contribution in [1.29, 1.82) is 5.41 Å². The summed E-state index contributed by atoms with van der Waals surface area (Å²) in [6.07, 6.45) is 2.68. The molecule has 0 amide bonds. The van der Waals surface area contributed by atoms with Crippen molar-refractivity contribution in [3.8, 4) is 0 Å². The van der Waals surface area contributed by atoms with Crippen molar-refractivity contribution >= 4 is 39.7 Å². The van der Waals surface area contributed by atoms with Gasteiger partial charge in [0, 0.05) is 22.4 Å². The molecule has 0 atom stereocenters. The van der Waals surface area contributed by atoms with Crippen LogP contribution in [-0.4, -0.2) is 29.3 Å². The summed E-state index contributed by atoms with van der Waals surface area (Å²) in [5, 5.41) is 10.3. The van der Waals surface area contributed by atoms with Crippen molar-refractivity contribution in [2.75, 3.05) is 12.4 Å². The van der Waals surface area contributed by atoms with E-state index < -0.39 is 5.97 Å². The fourth-order valence-electron chi connectivity index (χ4n) is 1.52. The van der Waals surface area contributed by atoms with Crippen LogP contribution in [0.25, 0.3) is 0 Å². The number of hydrogen-bond donors (Lipinski definition) is 2. The van der Waals surface area contributed by atoms with Crippen LogP contribution in [0.4, 0.5) is 11.6 Å². The minimum Gasteiger partial charge on any atom is -0.464 e. The first-order valence-electron chi connectivity index (χ1n) is 5.62. The van der Waals surface area contributed by atoms with Crippen LogP contribution in [0.15, 0.2) is 34.9 Å². The first-order chi connectivity index (χ1) is 9.63. The minimum absolute atomic E-state index is 0.163. The number of methoxy groups -OCH3 is 1. The van der Waals surface area contributed by atoms with Crippen LogP contribution >= 0.6 is 15.9 Å². The maximum atomic E-state index is 11.4. The van der Waals surface area contributed by atoms with Crippen molar-refractivity contribution in [3.05, 3.63) is 46.2 Å². The van der Waals surface area contributed by atoms with Gasteiger partial charge in [-0.3, -0.25) is 0 Å². The van der Waals surface area contributed by atoms with E-state index in [4.69, 9.17) is 5.41 Å². The molecule has 0 aliphatic rings. The van der Waals surface area contributed by atoms with Gasteiger partial charge in [0.2, 0.25) is 5.95 Å². The van der Waals surface area contributed by atoms with Crippen molar-refractivity contribution in [3.63, 3.8) is 0 Å². The number of carbonyl (C=O) groups is 1. The normalized spacial score (nSPS) is 9.90. The number of aromatic nitrogens is 2. The Hall–Kier alpha value is -2.28. The molecule has 0 saturated heterocycles. The number of ether oxygens (including phenoxy) is 1. The lowest BCUT2D eigenvalue weighted by Gasteiger charge is -2.09. The topological polar surface area (TPSA) is 88.0 Å². The Bertz CT molecular complexity index is 661. The van der Waals surface area contributed by atoms with E-state index in [0.29, 0.717) is 11.3 Å². The van der Waals surface area contributed by atoms with Crippen molar-refractivity contribution in [1.82, 2.24) is 9.97 Å². The molecule has 2 rings (SSSR count). The van der Waals surface area contributed by atoms with E-state index in [2.05, 4.69) is 36.0 Å². The number of nitrogens with one attached hydrogen (secondary N) is 2. The number of nitrogens with zero attached hydrogens (tertiary/aromatic N) is 2. The molecule has 0 saturated carbocycles. The van der Waals surface area contributed by atoms with Crippen LogP contribution in [0, 0.1) is 5.41 Å². The molecule has 20 heavy (non-hydrogen) atoms. The summed E-state index contributed by atoms with van der Waals surface area (Å²) in [6, 6.07) is 6.88. The predicted molar refractivity (Wildman–Crippen MR) is 78.7 cm³/mol. The Morgan fingerprint density at radius 1 is 1.45 bits per heavy atom. The van der Waals surface area contributed by atoms with Gasteiger partial charge in [0.15, 0.2) is 5.69 Å². The molecule has 1 aromatic heterocycles. The zero-order valence-corrected chi connectivity index (χ0v) is 12.1. The highest BCUT2D eigenvalue weighted by Gasteiger charge is 2.09. The molecule has 0 radical (unpaired) electrons. The zero-order valence-electron chi connectivity index (χ0n) is 10.6. The summed E-state index contributed by atoms with van der Waals surface area (Å²) in [7, 11) is 1.29. The third-order valence-electron chi connectivity index (χ3n) is 2.47. The molecule has 1 aromatic carbocycles. The lowest BCUT2D eigenvalue weighted by atomic mass is 10.2. The van der Waals surface area contributed by atoms with Gasteiger partial charge < -0.3 is 15.5 Å². The van der Waals surface area contributed by atoms with Crippen LogP contribution in [0.3, 0.4) is 0 Å². The molecule has 0 fully saturated rings. The van der Waals surface area contributed by atoms with E-state index in [0.717, 1.165) is 4.47 Å². The fraction of sp³-hybridized carbons (Fsp3) is 0.0769. The number of hydrogen-bond acceptors (Lipinski definition) is 6. The van der Waals surface area contributed by atoms with Crippen molar-refractivity contribution < 1.29 is 9.53 Å². The summed E-state index contributed by atoms with van der Waals surface area (Å²) in [5.41, 5.74) is 1.51. The van der Waals surface area contributed by atoms with Crippen LogP contribution in [0.5, 0.6) is 0 Å². The second-order valence-electron chi connectivity index (χ2n) is 3.76. The summed E-state index contributed by atoms with van der Waals surface area (Å²) < 4.78 is 5.46. The number of rotatable bonds is 4. The molecule has 1 heterocycles. The first-order valence-corrected chi connectivity index (χ1v) is 6.41. The molecule has 102 valence electrons. The summed E-state index contributed by atoms with van der Waals surface area (Å²) in [6.45, 7) is 0. The lowest BCUT2D eigenvalue weighted by molar-refractivity contribution is 0.0594. The van der Waals surface area contributed by atoms with E-state index in [1.807, 2.05) is 6.07 Å². The van der Waals surface area contributed by atoms with E-state index in [-0.39, 0.29) is 11.6 Å². The second kappa shape index (κ2) is 6.25. The van der Waals surface area contributed by atoms with Gasteiger partial charge in [-0.25, -0.2) is 14.8 Å². The van der Waals surface area contributed by atoms with Gasteiger partial charge in [-0.1, -0.05) is 22.0 Å².